The summed E-state index contributed by atoms with van der Waals surface area (Å²) in [6.45, 7) is 3.13. The van der Waals surface area contributed by atoms with Crippen LogP contribution in [0.1, 0.15) is 44.1 Å². The maximum Gasteiger partial charge on any atom is 0.140 e. The van der Waals surface area contributed by atoms with Crippen molar-refractivity contribution in [3.05, 3.63) is 35.9 Å². The Morgan fingerprint density at radius 1 is 1.05 bits per heavy atom. The molecule has 2 fully saturated rings. The van der Waals surface area contributed by atoms with Crippen molar-refractivity contribution in [1.82, 2.24) is 4.90 Å². The van der Waals surface area contributed by atoms with Gasteiger partial charge in [-0.1, -0.05) is 36.8 Å². The molecule has 2 aliphatic rings. The average Bonchev–Trinajstić information content (AvgIpc) is 2.44. The highest BCUT2D eigenvalue weighted by molar-refractivity contribution is 5.85. The topological polar surface area (TPSA) is 20.3 Å². The van der Waals surface area contributed by atoms with Crippen molar-refractivity contribution in [3.63, 3.8) is 0 Å². The van der Waals surface area contributed by atoms with E-state index in [1.54, 1.807) is 0 Å². The van der Waals surface area contributed by atoms with Crippen LogP contribution >= 0.6 is 0 Å². The largest absolute Gasteiger partial charge is 0.299 e. The van der Waals surface area contributed by atoms with Crippen LogP contribution in [0.5, 0.6) is 0 Å². The lowest BCUT2D eigenvalue weighted by Gasteiger charge is -2.44. The van der Waals surface area contributed by atoms with Crippen molar-refractivity contribution >= 4 is 5.78 Å². The number of carbonyl (C=O) groups excluding carboxylic acids is 1. The SMILES string of the molecule is O=C1CCCCC12CCCN(Cc1ccccc1)C2. The summed E-state index contributed by atoms with van der Waals surface area (Å²) in [5.74, 6) is 0.538. The Kier molecular flexibility index (Phi) is 3.69. The molecule has 1 saturated heterocycles. The zero-order valence-electron chi connectivity index (χ0n) is 11.6. The molecule has 1 aromatic rings. The van der Waals surface area contributed by atoms with Gasteiger partial charge in [0.15, 0.2) is 0 Å². The monoisotopic (exact) mass is 257 g/mol. The Labute approximate surface area is 115 Å². The quantitative estimate of drug-likeness (QED) is 0.809. The number of nitrogens with zero attached hydrogens (tertiary/aromatic N) is 1. The predicted molar refractivity (Wildman–Crippen MR) is 76.9 cm³/mol. The first-order chi connectivity index (χ1) is 9.28. The van der Waals surface area contributed by atoms with E-state index in [4.69, 9.17) is 0 Å². The van der Waals surface area contributed by atoms with E-state index in [-0.39, 0.29) is 5.41 Å². The second kappa shape index (κ2) is 5.46. The number of benzene rings is 1. The first-order valence-electron chi connectivity index (χ1n) is 7.58. The Hall–Kier alpha value is -1.15. The van der Waals surface area contributed by atoms with Crippen LogP contribution in [0.4, 0.5) is 0 Å². The standard InChI is InChI=1S/C17H23NO/c19-16-9-4-5-10-17(16)11-6-12-18(14-17)13-15-7-2-1-3-8-15/h1-3,7-8H,4-6,9-14H2. The minimum Gasteiger partial charge on any atom is -0.299 e. The van der Waals surface area contributed by atoms with Gasteiger partial charge in [0.05, 0.1) is 0 Å². The summed E-state index contributed by atoms with van der Waals surface area (Å²) >= 11 is 0. The molecule has 1 aliphatic heterocycles. The summed E-state index contributed by atoms with van der Waals surface area (Å²) in [5.41, 5.74) is 1.37. The van der Waals surface area contributed by atoms with E-state index < -0.39 is 0 Å². The van der Waals surface area contributed by atoms with Crippen LogP contribution in [0.2, 0.25) is 0 Å². The van der Waals surface area contributed by atoms with E-state index >= 15 is 0 Å². The van der Waals surface area contributed by atoms with Gasteiger partial charge in [-0.3, -0.25) is 9.69 Å². The molecule has 0 bridgehead atoms. The lowest BCUT2D eigenvalue weighted by Crippen LogP contribution is -2.48. The minimum absolute atomic E-state index is 0.00524. The third-order valence-electron chi connectivity index (χ3n) is 4.81. The average molecular weight is 257 g/mol. The van der Waals surface area contributed by atoms with E-state index in [0.29, 0.717) is 5.78 Å². The normalized spacial score (nSPS) is 28.7. The molecule has 102 valence electrons. The molecule has 19 heavy (non-hydrogen) atoms. The number of piperidine rings is 1. The highest BCUT2D eigenvalue weighted by Gasteiger charge is 2.42. The van der Waals surface area contributed by atoms with Crippen LogP contribution in [0.15, 0.2) is 30.3 Å². The molecular formula is C17H23NO. The van der Waals surface area contributed by atoms with Crippen LogP contribution in [-0.2, 0) is 11.3 Å². The molecule has 1 unspecified atom stereocenters. The fourth-order valence-electron chi connectivity index (χ4n) is 3.79. The van der Waals surface area contributed by atoms with Crippen molar-refractivity contribution < 1.29 is 4.79 Å². The molecule has 0 amide bonds. The van der Waals surface area contributed by atoms with E-state index in [9.17, 15) is 4.79 Å². The number of carbonyl (C=O) groups is 1. The van der Waals surface area contributed by atoms with Gasteiger partial charge in [-0.05, 0) is 37.8 Å². The van der Waals surface area contributed by atoms with Crippen LogP contribution in [0.3, 0.4) is 0 Å². The second-order valence-electron chi connectivity index (χ2n) is 6.21. The fourth-order valence-corrected chi connectivity index (χ4v) is 3.79. The van der Waals surface area contributed by atoms with E-state index in [1.165, 1.54) is 18.4 Å². The number of hydrogen-bond donors (Lipinski definition) is 0. The van der Waals surface area contributed by atoms with Crippen LogP contribution in [0.25, 0.3) is 0 Å². The summed E-state index contributed by atoms with van der Waals surface area (Å²) in [4.78, 5) is 14.8. The maximum absolute atomic E-state index is 12.3. The van der Waals surface area contributed by atoms with Crippen LogP contribution in [0, 0.1) is 5.41 Å². The van der Waals surface area contributed by atoms with Gasteiger partial charge in [0.25, 0.3) is 0 Å². The molecule has 1 saturated carbocycles. The molecule has 2 nitrogen and oxygen atoms in total. The van der Waals surface area contributed by atoms with Gasteiger partial charge in [0.2, 0.25) is 0 Å². The Bertz CT molecular complexity index is 438. The Morgan fingerprint density at radius 2 is 1.84 bits per heavy atom. The maximum atomic E-state index is 12.3. The number of likely N-dealkylation sites (tertiary alicyclic amines) is 1. The fraction of sp³-hybridized carbons (Fsp3) is 0.588. The molecule has 1 aromatic carbocycles. The molecule has 1 atom stereocenters. The van der Waals surface area contributed by atoms with Gasteiger partial charge in [-0.15, -0.1) is 0 Å². The summed E-state index contributed by atoms with van der Waals surface area (Å²) in [5, 5.41) is 0. The smallest absolute Gasteiger partial charge is 0.140 e. The predicted octanol–water partition coefficient (Wildman–Crippen LogP) is 3.41. The zero-order valence-corrected chi connectivity index (χ0v) is 11.6. The number of ketones is 1. The first kappa shape index (κ1) is 12.9. The number of rotatable bonds is 2. The molecule has 0 radical (unpaired) electrons. The van der Waals surface area contributed by atoms with Crippen LogP contribution < -0.4 is 0 Å². The summed E-state index contributed by atoms with van der Waals surface area (Å²) < 4.78 is 0. The molecule has 2 heteroatoms. The van der Waals surface area contributed by atoms with Crippen molar-refractivity contribution in [2.24, 2.45) is 5.41 Å². The molecule has 1 heterocycles. The van der Waals surface area contributed by atoms with E-state index in [0.717, 1.165) is 45.3 Å². The molecule has 1 aliphatic carbocycles. The van der Waals surface area contributed by atoms with Crippen molar-refractivity contribution in [2.75, 3.05) is 13.1 Å². The van der Waals surface area contributed by atoms with Gasteiger partial charge >= 0.3 is 0 Å². The second-order valence-corrected chi connectivity index (χ2v) is 6.21. The highest BCUT2D eigenvalue weighted by Crippen LogP contribution is 2.40. The first-order valence-corrected chi connectivity index (χ1v) is 7.58. The third kappa shape index (κ3) is 2.74. The van der Waals surface area contributed by atoms with Gasteiger partial charge in [0.1, 0.15) is 5.78 Å². The minimum atomic E-state index is 0.00524. The number of Topliss-reactive ketones (excluding diaryl/α,β-unsaturated/α-hetero) is 1. The molecule has 0 aromatic heterocycles. The van der Waals surface area contributed by atoms with E-state index in [1.807, 2.05) is 0 Å². The van der Waals surface area contributed by atoms with Crippen LogP contribution in [-0.4, -0.2) is 23.8 Å². The van der Waals surface area contributed by atoms with Gasteiger partial charge in [-0.2, -0.15) is 0 Å². The Morgan fingerprint density at radius 3 is 2.63 bits per heavy atom. The zero-order chi connectivity index (χ0) is 13.1. The summed E-state index contributed by atoms with van der Waals surface area (Å²) in [6, 6.07) is 10.6. The van der Waals surface area contributed by atoms with Gasteiger partial charge < -0.3 is 0 Å². The van der Waals surface area contributed by atoms with Crippen molar-refractivity contribution in [2.45, 2.75) is 45.1 Å². The van der Waals surface area contributed by atoms with Crippen molar-refractivity contribution in [3.8, 4) is 0 Å². The molecule has 3 rings (SSSR count). The van der Waals surface area contributed by atoms with Gasteiger partial charge in [0, 0.05) is 24.9 Å². The van der Waals surface area contributed by atoms with E-state index in [2.05, 4.69) is 35.2 Å². The van der Waals surface area contributed by atoms with Gasteiger partial charge in [-0.25, -0.2) is 0 Å². The number of hydrogen-bond acceptors (Lipinski definition) is 2. The molecular weight excluding hydrogens is 234 g/mol. The molecule has 1 spiro atoms. The van der Waals surface area contributed by atoms with Crippen molar-refractivity contribution in [1.29, 1.82) is 0 Å². The lowest BCUT2D eigenvalue weighted by molar-refractivity contribution is -0.135. The highest BCUT2D eigenvalue weighted by atomic mass is 16.1. The summed E-state index contributed by atoms with van der Waals surface area (Å²) in [6.07, 6.45) is 6.59. The molecule has 0 N–H and O–H groups in total. The third-order valence-corrected chi connectivity index (χ3v) is 4.81. The summed E-state index contributed by atoms with van der Waals surface area (Å²) in [7, 11) is 0. The lowest BCUT2D eigenvalue weighted by atomic mass is 9.68. The Balaban J connectivity index is 1.69.